The van der Waals surface area contributed by atoms with Gasteiger partial charge in [0.1, 0.15) is 5.38 Å². The Morgan fingerprint density at radius 1 is 1.67 bits per heavy atom. The van der Waals surface area contributed by atoms with Crippen LogP contribution in [0.4, 0.5) is 0 Å². The van der Waals surface area contributed by atoms with Gasteiger partial charge in [0, 0.05) is 17.5 Å². The molecule has 1 heterocycles. The van der Waals surface area contributed by atoms with E-state index < -0.39 is 5.38 Å². The van der Waals surface area contributed by atoms with Gasteiger partial charge < -0.3 is 4.90 Å². The van der Waals surface area contributed by atoms with E-state index in [0.717, 1.165) is 6.42 Å². The minimum atomic E-state index is -0.416. The lowest BCUT2D eigenvalue weighted by atomic mass is 10.2. The van der Waals surface area contributed by atoms with Gasteiger partial charge in [-0.15, -0.1) is 22.9 Å². The number of hydrogen-bond acceptors (Lipinski definition) is 3. The van der Waals surface area contributed by atoms with Crippen molar-refractivity contribution in [1.29, 1.82) is 5.26 Å². The van der Waals surface area contributed by atoms with Crippen LogP contribution in [0.3, 0.4) is 0 Å². The fourth-order valence-electron chi connectivity index (χ4n) is 1.35. The SMILES string of the molecule is CC(Cc1cccs1)N(C)CC(Cl)C#N. The summed E-state index contributed by atoms with van der Waals surface area (Å²) in [6.07, 6.45) is 1.02. The van der Waals surface area contributed by atoms with Crippen molar-refractivity contribution in [3.05, 3.63) is 22.4 Å². The average Bonchev–Trinajstić information content (AvgIpc) is 2.70. The minimum Gasteiger partial charge on any atom is -0.301 e. The van der Waals surface area contributed by atoms with Crippen molar-refractivity contribution in [2.45, 2.75) is 24.8 Å². The molecule has 82 valence electrons. The highest BCUT2D eigenvalue weighted by Crippen LogP contribution is 2.14. The molecule has 0 fully saturated rings. The summed E-state index contributed by atoms with van der Waals surface area (Å²) in [4.78, 5) is 3.50. The summed E-state index contributed by atoms with van der Waals surface area (Å²) in [6.45, 7) is 2.77. The molecular weight excluding hydrogens is 228 g/mol. The number of nitriles is 1. The molecule has 0 aliphatic rings. The Morgan fingerprint density at radius 2 is 2.40 bits per heavy atom. The van der Waals surface area contributed by atoms with E-state index >= 15 is 0 Å². The number of halogens is 1. The quantitative estimate of drug-likeness (QED) is 0.743. The van der Waals surface area contributed by atoms with Crippen LogP contribution < -0.4 is 0 Å². The van der Waals surface area contributed by atoms with Crippen LogP contribution >= 0.6 is 22.9 Å². The van der Waals surface area contributed by atoms with Crippen molar-refractivity contribution in [3.8, 4) is 6.07 Å². The number of rotatable bonds is 5. The second-order valence-electron chi connectivity index (χ2n) is 3.67. The van der Waals surface area contributed by atoms with Crippen LogP contribution in [0.1, 0.15) is 11.8 Å². The van der Waals surface area contributed by atoms with Crippen LogP contribution in [0, 0.1) is 11.3 Å². The van der Waals surface area contributed by atoms with Crippen LogP contribution in [-0.4, -0.2) is 29.9 Å². The molecule has 2 atom stereocenters. The van der Waals surface area contributed by atoms with Crippen LogP contribution in [0.5, 0.6) is 0 Å². The summed E-state index contributed by atoms with van der Waals surface area (Å²) >= 11 is 7.55. The molecule has 0 bridgehead atoms. The number of nitrogens with zero attached hydrogens (tertiary/aromatic N) is 2. The Labute approximate surface area is 100 Å². The molecule has 1 aromatic rings. The zero-order chi connectivity index (χ0) is 11.3. The zero-order valence-corrected chi connectivity index (χ0v) is 10.6. The molecule has 0 aliphatic heterocycles. The van der Waals surface area contributed by atoms with Gasteiger partial charge in [0.05, 0.1) is 6.07 Å². The molecule has 1 aromatic heterocycles. The highest BCUT2D eigenvalue weighted by atomic mass is 35.5. The summed E-state index contributed by atoms with van der Waals surface area (Å²) in [5.74, 6) is 0. The molecule has 0 amide bonds. The summed E-state index contributed by atoms with van der Waals surface area (Å²) < 4.78 is 0. The summed E-state index contributed by atoms with van der Waals surface area (Å²) in [6, 6.07) is 6.65. The lowest BCUT2D eigenvalue weighted by Crippen LogP contribution is -2.34. The fraction of sp³-hybridized carbons (Fsp3) is 0.545. The summed E-state index contributed by atoms with van der Waals surface area (Å²) in [5.41, 5.74) is 0. The highest BCUT2D eigenvalue weighted by Gasteiger charge is 2.14. The van der Waals surface area contributed by atoms with Crippen LogP contribution in [0.15, 0.2) is 17.5 Å². The monoisotopic (exact) mass is 242 g/mol. The normalized spacial score (nSPS) is 14.9. The molecule has 0 N–H and O–H groups in total. The highest BCUT2D eigenvalue weighted by molar-refractivity contribution is 7.09. The molecule has 0 aromatic carbocycles. The number of thiophene rings is 1. The average molecular weight is 243 g/mol. The van der Waals surface area contributed by atoms with E-state index in [9.17, 15) is 0 Å². The van der Waals surface area contributed by atoms with Gasteiger partial charge in [-0.05, 0) is 31.8 Å². The lowest BCUT2D eigenvalue weighted by molar-refractivity contribution is 0.264. The fourth-order valence-corrected chi connectivity index (χ4v) is 2.39. The smallest absolute Gasteiger partial charge is 0.133 e. The maximum atomic E-state index is 8.62. The zero-order valence-electron chi connectivity index (χ0n) is 8.98. The topological polar surface area (TPSA) is 27.0 Å². The number of alkyl halides is 1. The van der Waals surface area contributed by atoms with E-state index in [-0.39, 0.29) is 0 Å². The predicted molar refractivity (Wildman–Crippen MR) is 65.4 cm³/mol. The van der Waals surface area contributed by atoms with Crippen molar-refractivity contribution in [2.24, 2.45) is 0 Å². The molecule has 0 saturated carbocycles. The van der Waals surface area contributed by atoms with Gasteiger partial charge in [-0.2, -0.15) is 5.26 Å². The first-order valence-electron chi connectivity index (χ1n) is 4.89. The van der Waals surface area contributed by atoms with Crippen molar-refractivity contribution < 1.29 is 0 Å². The molecule has 0 spiro atoms. The van der Waals surface area contributed by atoms with Crippen molar-refractivity contribution >= 4 is 22.9 Å². The van der Waals surface area contributed by atoms with E-state index in [2.05, 4.69) is 29.3 Å². The Balaban J connectivity index is 2.40. The third kappa shape index (κ3) is 4.21. The summed E-state index contributed by atoms with van der Waals surface area (Å²) in [7, 11) is 2.00. The van der Waals surface area contributed by atoms with Crippen LogP contribution in [0.2, 0.25) is 0 Å². The standard InChI is InChI=1S/C11H15ClN2S/c1-9(6-11-4-3-5-15-11)14(2)8-10(12)7-13/h3-5,9-10H,6,8H2,1-2H3. The Hall–Kier alpha value is -0.560. The lowest BCUT2D eigenvalue weighted by Gasteiger charge is -2.24. The first-order valence-corrected chi connectivity index (χ1v) is 6.21. The molecule has 1 rings (SSSR count). The first-order chi connectivity index (χ1) is 7.13. The van der Waals surface area contributed by atoms with E-state index in [1.54, 1.807) is 11.3 Å². The van der Waals surface area contributed by atoms with E-state index in [4.69, 9.17) is 16.9 Å². The number of hydrogen-bond donors (Lipinski definition) is 0. The van der Waals surface area contributed by atoms with E-state index in [1.807, 2.05) is 13.1 Å². The second-order valence-corrected chi connectivity index (χ2v) is 5.23. The van der Waals surface area contributed by atoms with Gasteiger partial charge in [-0.3, -0.25) is 0 Å². The first kappa shape index (κ1) is 12.5. The van der Waals surface area contributed by atoms with E-state index in [1.165, 1.54) is 4.88 Å². The Kier molecular flexibility index (Phi) is 5.10. The van der Waals surface area contributed by atoms with Gasteiger partial charge >= 0.3 is 0 Å². The van der Waals surface area contributed by atoms with Crippen molar-refractivity contribution in [1.82, 2.24) is 4.90 Å². The third-order valence-electron chi connectivity index (χ3n) is 2.42. The van der Waals surface area contributed by atoms with E-state index in [0.29, 0.717) is 12.6 Å². The summed E-state index contributed by atoms with van der Waals surface area (Å²) in [5, 5.41) is 10.3. The predicted octanol–water partition coefficient (Wildman–Crippen LogP) is 2.74. The molecule has 4 heteroatoms. The van der Waals surface area contributed by atoms with Crippen molar-refractivity contribution in [3.63, 3.8) is 0 Å². The Bertz CT molecular complexity index is 318. The molecule has 2 unspecified atom stereocenters. The molecule has 0 radical (unpaired) electrons. The second kappa shape index (κ2) is 6.12. The Morgan fingerprint density at radius 3 is 2.93 bits per heavy atom. The maximum absolute atomic E-state index is 8.62. The molecule has 15 heavy (non-hydrogen) atoms. The van der Waals surface area contributed by atoms with Crippen molar-refractivity contribution in [2.75, 3.05) is 13.6 Å². The van der Waals surface area contributed by atoms with Gasteiger partial charge in [-0.25, -0.2) is 0 Å². The number of likely N-dealkylation sites (N-methyl/N-ethyl adjacent to an activating group) is 1. The molecular formula is C11H15ClN2S. The van der Waals surface area contributed by atoms with Crippen LogP contribution in [-0.2, 0) is 6.42 Å². The minimum absolute atomic E-state index is 0.415. The largest absolute Gasteiger partial charge is 0.301 e. The third-order valence-corrected chi connectivity index (χ3v) is 3.55. The maximum Gasteiger partial charge on any atom is 0.133 e. The van der Waals surface area contributed by atoms with Gasteiger partial charge in [0.2, 0.25) is 0 Å². The van der Waals surface area contributed by atoms with Gasteiger partial charge in [0.15, 0.2) is 0 Å². The van der Waals surface area contributed by atoms with Gasteiger partial charge in [0.25, 0.3) is 0 Å². The van der Waals surface area contributed by atoms with Crippen LogP contribution in [0.25, 0.3) is 0 Å². The molecule has 2 nitrogen and oxygen atoms in total. The molecule has 0 saturated heterocycles. The van der Waals surface area contributed by atoms with Gasteiger partial charge in [-0.1, -0.05) is 6.07 Å². The molecule has 0 aliphatic carbocycles.